The van der Waals surface area contributed by atoms with Gasteiger partial charge in [-0.05, 0) is 61.9 Å². The molecule has 0 radical (unpaired) electrons. The molecule has 0 spiro atoms. The zero-order valence-corrected chi connectivity index (χ0v) is 15.2. The van der Waals surface area contributed by atoms with Crippen molar-refractivity contribution in [1.82, 2.24) is 9.88 Å². The minimum Gasteiger partial charge on any atom is -0.370 e. The number of amides is 1. The Labute approximate surface area is 154 Å². The van der Waals surface area contributed by atoms with Crippen LogP contribution in [0.25, 0.3) is 0 Å². The van der Waals surface area contributed by atoms with Crippen molar-refractivity contribution in [1.29, 1.82) is 0 Å². The Morgan fingerprint density at radius 1 is 1.27 bits per heavy atom. The number of anilines is 1. The Morgan fingerprint density at radius 3 is 2.85 bits per heavy atom. The zero-order chi connectivity index (χ0) is 18.4. The van der Waals surface area contributed by atoms with Crippen molar-refractivity contribution in [3.63, 3.8) is 0 Å². The van der Waals surface area contributed by atoms with Gasteiger partial charge in [-0.3, -0.25) is 4.79 Å². The van der Waals surface area contributed by atoms with E-state index in [0.29, 0.717) is 24.0 Å². The summed E-state index contributed by atoms with van der Waals surface area (Å²) >= 11 is 0. The number of nitrogens with one attached hydrogen (secondary N) is 1. The quantitative estimate of drug-likeness (QED) is 0.841. The second kappa shape index (κ2) is 8.79. The van der Waals surface area contributed by atoms with Crippen LogP contribution in [0.5, 0.6) is 0 Å². The molecule has 0 bridgehead atoms. The SMILES string of the molecule is CCC1CCCCN1C(=O)c1ccnc(NCCc2ccc(F)cc2)c1. The molecule has 1 atom stereocenters. The predicted octanol–water partition coefficient (Wildman–Crippen LogP) is 4.28. The van der Waals surface area contributed by atoms with Gasteiger partial charge in [0.15, 0.2) is 0 Å². The molecule has 3 rings (SSSR count). The first kappa shape index (κ1) is 18.4. The Balaban J connectivity index is 1.60. The third-order valence-electron chi connectivity index (χ3n) is 5.00. The molecule has 1 aliphatic rings. The fourth-order valence-corrected chi connectivity index (χ4v) is 3.50. The van der Waals surface area contributed by atoms with Gasteiger partial charge in [0.25, 0.3) is 5.91 Å². The van der Waals surface area contributed by atoms with Crippen molar-refractivity contribution in [3.8, 4) is 0 Å². The van der Waals surface area contributed by atoms with Gasteiger partial charge in [-0.25, -0.2) is 9.37 Å². The molecule has 138 valence electrons. The van der Waals surface area contributed by atoms with Gasteiger partial charge in [0, 0.05) is 30.9 Å². The van der Waals surface area contributed by atoms with E-state index in [9.17, 15) is 9.18 Å². The van der Waals surface area contributed by atoms with Crippen LogP contribution in [0, 0.1) is 5.82 Å². The molecule has 2 aromatic rings. The number of halogens is 1. The lowest BCUT2D eigenvalue weighted by molar-refractivity contribution is 0.0608. The molecule has 1 amide bonds. The van der Waals surface area contributed by atoms with Crippen molar-refractivity contribution < 1.29 is 9.18 Å². The maximum Gasteiger partial charge on any atom is 0.254 e. The van der Waals surface area contributed by atoms with Crippen LogP contribution in [0.3, 0.4) is 0 Å². The molecule has 1 aromatic carbocycles. The molecule has 0 saturated carbocycles. The van der Waals surface area contributed by atoms with E-state index in [0.717, 1.165) is 37.8 Å². The van der Waals surface area contributed by atoms with E-state index in [2.05, 4.69) is 17.2 Å². The van der Waals surface area contributed by atoms with E-state index in [-0.39, 0.29) is 11.7 Å². The first-order chi connectivity index (χ1) is 12.7. The van der Waals surface area contributed by atoms with E-state index in [1.54, 1.807) is 24.4 Å². The number of nitrogens with zero attached hydrogens (tertiary/aromatic N) is 2. The van der Waals surface area contributed by atoms with E-state index in [1.807, 2.05) is 11.0 Å². The Bertz CT molecular complexity index is 732. The molecule has 1 unspecified atom stereocenters. The van der Waals surface area contributed by atoms with E-state index < -0.39 is 0 Å². The number of carbonyl (C=O) groups is 1. The molecule has 2 heterocycles. The molecule has 1 fully saturated rings. The summed E-state index contributed by atoms with van der Waals surface area (Å²) in [6.45, 7) is 3.66. The molecule has 26 heavy (non-hydrogen) atoms. The van der Waals surface area contributed by atoms with Crippen LogP contribution >= 0.6 is 0 Å². The fraction of sp³-hybridized carbons (Fsp3) is 0.429. The standard InChI is InChI=1S/C21H26FN3O/c1-2-19-5-3-4-14-25(19)21(26)17-11-13-24-20(15-17)23-12-10-16-6-8-18(22)9-7-16/h6-9,11,13,15,19H,2-5,10,12,14H2,1H3,(H,23,24). The van der Waals surface area contributed by atoms with Crippen LogP contribution in [0.2, 0.25) is 0 Å². The van der Waals surface area contributed by atoms with Gasteiger partial charge in [-0.1, -0.05) is 19.1 Å². The van der Waals surface area contributed by atoms with Crippen molar-refractivity contribution in [2.24, 2.45) is 0 Å². The summed E-state index contributed by atoms with van der Waals surface area (Å²) in [6, 6.07) is 10.5. The number of carbonyl (C=O) groups excluding carboxylic acids is 1. The largest absolute Gasteiger partial charge is 0.370 e. The molecule has 4 nitrogen and oxygen atoms in total. The molecule has 1 N–H and O–H groups in total. The van der Waals surface area contributed by atoms with Gasteiger partial charge in [-0.15, -0.1) is 0 Å². The highest BCUT2D eigenvalue weighted by Crippen LogP contribution is 2.22. The van der Waals surface area contributed by atoms with Crippen LogP contribution in [-0.2, 0) is 6.42 Å². The van der Waals surface area contributed by atoms with Crippen LogP contribution in [0.15, 0.2) is 42.6 Å². The predicted molar refractivity (Wildman–Crippen MR) is 102 cm³/mol. The first-order valence-electron chi connectivity index (χ1n) is 9.42. The van der Waals surface area contributed by atoms with Crippen molar-refractivity contribution >= 4 is 11.7 Å². The highest BCUT2D eigenvalue weighted by atomic mass is 19.1. The number of hydrogen-bond acceptors (Lipinski definition) is 3. The van der Waals surface area contributed by atoms with Crippen LogP contribution in [-0.4, -0.2) is 34.9 Å². The zero-order valence-electron chi connectivity index (χ0n) is 15.2. The monoisotopic (exact) mass is 355 g/mol. The molecule has 0 aliphatic carbocycles. The smallest absolute Gasteiger partial charge is 0.254 e. The second-order valence-corrected chi connectivity index (χ2v) is 6.79. The van der Waals surface area contributed by atoms with Crippen molar-refractivity contribution in [3.05, 3.63) is 59.5 Å². The van der Waals surface area contributed by atoms with Gasteiger partial charge in [-0.2, -0.15) is 0 Å². The highest BCUT2D eigenvalue weighted by molar-refractivity contribution is 5.95. The van der Waals surface area contributed by atoms with Crippen LogP contribution in [0.1, 0.15) is 48.5 Å². The number of likely N-dealkylation sites (tertiary alicyclic amines) is 1. The van der Waals surface area contributed by atoms with E-state index >= 15 is 0 Å². The highest BCUT2D eigenvalue weighted by Gasteiger charge is 2.26. The molecular formula is C21H26FN3O. The second-order valence-electron chi connectivity index (χ2n) is 6.79. The third-order valence-corrected chi connectivity index (χ3v) is 5.00. The summed E-state index contributed by atoms with van der Waals surface area (Å²) in [5, 5.41) is 3.26. The summed E-state index contributed by atoms with van der Waals surface area (Å²) in [5.74, 6) is 0.571. The van der Waals surface area contributed by atoms with Gasteiger partial charge in [0.05, 0.1) is 0 Å². The number of benzene rings is 1. The van der Waals surface area contributed by atoms with E-state index in [1.165, 1.54) is 18.6 Å². The normalized spacial score (nSPS) is 17.2. The molecular weight excluding hydrogens is 329 g/mol. The lowest BCUT2D eigenvalue weighted by Gasteiger charge is -2.35. The van der Waals surface area contributed by atoms with Crippen molar-refractivity contribution in [2.75, 3.05) is 18.4 Å². The molecule has 5 heteroatoms. The van der Waals surface area contributed by atoms with Gasteiger partial charge in [0.2, 0.25) is 0 Å². The lowest BCUT2D eigenvalue weighted by Crippen LogP contribution is -2.43. The summed E-state index contributed by atoms with van der Waals surface area (Å²) in [6.07, 6.45) is 6.82. The lowest BCUT2D eigenvalue weighted by atomic mass is 9.99. The van der Waals surface area contributed by atoms with E-state index in [4.69, 9.17) is 0 Å². The minimum absolute atomic E-state index is 0.0977. The third kappa shape index (κ3) is 4.59. The Morgan fingerprint density at radius 2 is 2.08 bits per heavy atom. The number of rotatable bonds is 6. The molecule has 1 saturated heterocycles. The van der Waals surface area contributed by atoms with Crippen LogP contribution in [0.4, 0.5) is 10.2 Å². The first-order valence-corrected chi connectivity index (χ1v) is 9.42. The summed E-state index contributed by atoms with van der Waals surface area (Å²) < 4.78 is 12.9. The molecule has 1 aliphatic heterocycles. The number of pyridine rings is 1. The fourth-order valence-electron chi connectivity index (χ4n) is 3.50. The summed E-state index contributed by atoms with van der Waals surface area (Å²) in [4.78, 5) is 19.2. The maximum absolute atomic E-state index is 12.9. The Hall–Kier alpha value is -2.43. The number of hydrogen-bond donors (Lipinski definition) is 1. The van der Waals surface area contributed by atoms with Gasteiger partial charge < -0.3 is 10.2 Å². The maximum atomic E-state index is 12.9. The minimum atomic E-state index is -0.224. The summed E-state index contributed by atoms with van der Waals surface area (Å²) in [5.41, 5.74) is 1.75. The van der Waals surface area contributed by atoms with Crippen LogP contribution < -0.4 is 5.32 Å². The van der Waals surface area contributed by atoms with Crippen molar-refractivity contribution in [2.45, 2.75) is 45.1 Å². The van der Waals surface area contributed by atoms with Gasteiger partial charge >= 0.3 is 0 Å². The topological polar surface area (TPSA) is 45.2 Å². The molecule has 1 aromatic heterocycles. The number of piperidine rings is 1. The Kier molecular flexibility index (Phi) is 6.21. The summed E-state index contributed by atoms with van der Waals surface area (Å²) in [7, 11) is 0. The van der Waals surface area contributed by atoms with Gasteiger partial charge in [0.1, 0.15) is 11.6 Å². The average Bonchev–Trinajstić information content (AvgIpc) is 2.69. The average molecular weight is 355 g/mol. The number of aromatic nitrogens is 1.